The summed E-state index contributed by atoms with van der Waals surface area (Å²) in [7, 11) is 0. The number of pyridine rings is 2. The Kier molecular flexibility index (Phi) is 3.97. The Morgan fingerprint density at radius 1 is 1.37 bits per heavy atom. The van der Waals surface area contributed by atoms with Gasteiger partial charge in [0.2, 0.25) is 5.88 Å². The zero-order chi connectivity index (χ0) is 13.8. The Bertz CT molecular complexity index is 617. The van der Waals surface area contributed by atoms with Crippen LogP contribution in [-0.2, 0) is 6.42 Å². The molecule has 0 saturated heterocycles. The van der Waals surface area contributed by atoms with Crippen LogP contribution < -0.4 is 4.74 Å². The largest absolute Gasteiger partial charge is 0.478 e. The molecule has 0 spiro atoms. The maximum absolute atomic E-state index is 11.0. The van der Waals surface area contributed by atoms with Gasteiger partial charge in [-0.1, -0.05) is 18.5 Å². The molecular weight excluding hydrogens is 268 g/mol. The Morgan fingerprint density at radius 2 is 2.16 bits per heavy atom. The van der Waals surface area contributed by atoms with Gasteiger partial charge in [-0.15, -0.1) is 0 Å². The summed E-state index contributed by atoms with van der Waals surface area (Å²) < 4.78 is 5.47. The van der Waals surface area contributed by atoms with Crippen molar-refractivity contribution in [3.05, 3.63) is 46.9 Å². The van der Waals surface area contributed by atoms with Gasteiger partial charge in [-0.2, -0.15) is 0 Å². The van der Waals surface area contributed by atoms with E-state index in [4.69, 9.17) is 21.4 Å². The quantitative estimate of drug-likeness (QED) is 0.930. The summed E-state index contributed by atoms with van der Waals surface area (Å²) in [4.78, 5) is 19.1. The average molecular weight is 279 g/mol. The lowest BCUT2D eigenvalue weighted by Crippen LogP contribution is -2.01. The molecule has 5 nitrogen and oxygen atoms in total. The molecule has 0 radical (unpaired) electrons. The Morgan fingerprint density at radius 3 is 2.79 bits per heavy atom. The number of ether oxygens (including phenoxy) is 1. The number of hydrogen-bond donors (Lipinski definition) is 1. The van der Waals surface area contributed by atoms with Crippen LogP contribution in [-0.4, -0.2) is 21.0 Å². The number of hydrogen-bond acceptors (Lipinski definition) is 4. The van der Waals surface area contributed by atoms with E-state index >= 15 is 0 Å². The van der Waals surface area contributed by atoms with E-state index in [1.165, 1.54) is 24.5 Å². The summed E-state index contributed by atoms with van der Waals surface area (Å²) in [5, 5.41) is 9.46. The minimum absolute atomic E-state index is 0.136. The zero-order valence-corrected chi connectivity index (χ0v) is 10.9. The lowest BCUT2D eigenvalue weighted by atomic mass is 10.2. The van der Waals surface area contributed by atoms with Crippen LogP contribution in [0.5, 0.6) is 11.6 Å². The van der Waals surface area contributed by atoms with Crippen molar-refractivity contribution in [3.63, 3.8) is 0 Å². The van der Waals surface area contributed by atoms with E-state index in [2.05, 4.69) is 9.97 Å². The molecule has 0 aliphatic heterocycles. The number of nitrogens with zero attached hydrogens (tertiary/aromatic N) is 2. The Hall–Kier alpha value is -2.14. The van der Waals surface area contributed by atoms with Crippen LogP contribution in [0.25, 0.3) is 0 Å². The summed E-state index contributed by atoms with van der Waals surface area (Å²) in [5.74, 6) is -0.406. The fraction of sp³-hybridized carbons (Fsp3) is 0.154. The van der Waals surface area contributed by atoms with Gasteiger partial charge in [0.05, 0.1) is 16.8 Å². The summed E-state index contributed by atoms with van der Waals surface area (Å²) in [6.45, 7) is 1.89. The molecule has 6 heteroatoms. The molecule has 2 rings (SSSR count). The molecule has 0 aliphatic carbocycles. The number of aromatic carboxylic acids is 1. The van der Waals surface area contributed by atoms with E-state index in [9.17, 15) is 4.79 Å². The summed E-state index contributed by atoms with van der Waals surface area (Å²) >= 11 is 5.79. The van der Waals surface area contributed by atoms with Gasteiger partial charge in [-0.05, 0) is 12.5 Å². The number of carboxylic acids is 1. The molecule has 0 amide bonds. The van der Waals surface area contributed by atoms with Gasteiger partial charge in [0, 0.05) is 24.0 Å². The maximum atomic E-state index is 11.0. The first-order chi connectivity index (χ1) is 9.08. The highest BCUT2D eigenvalue weighted by atomic mass is 35.5. The van der Waals surface area contributed by atoms with Crippen LogP contribution in [0.2, 0.25) is 5.02 Å². The van der Waals surface area contributed by atoms with E-state index in [0.717, 1.165) is 0 Å². The molecular formula is C13H11ClN2O3. The third kappa shape index (κ3) is 3.42. The van der Waals surface area contributed by atoms with Crippen molar-refractivity contribution >= 4 is 17.6 Å². The molecule has 2 aromatic heterocycles. The smallest absolute Gasteiger partial charge is 0.335 e. The maximum Gasteiger partial charge on any atom is 0.335 e. The molecule has 0 aromatic carbocycles. The van der Waals surface area contributed by atoms with Crippen molar-refractivity contribution in [1.29, 1.82) is 0 Å². The highest BCUT2D eigenvalue weighted by Gasteiger charge is 2.09. The Labute approximate surface area is 114 Å². The molecule has 98 valence electrons. The molecule has 1 N–H and O–H groups in total. The second-order valence-corrected chi connectivity index (χ2v) is 4.22. The first-order valence-corrected chi connectivity index (χ1v) is 5.99. The molecule has 0 unspecified atom stereocenters. The van der Waals surface area contributed by atoms with Gasteiger partial charge in [0.15, 0.2) is 0 Å². The van der Waals surface area contributed by atoms with Crippen LogP contribution in [0.15, 0.2) is 30.6 Å². The first-order valence-electron chi connectivity index (χ1n) is 5.61. The van der Waals surface area contributed by atoms with Crippen molar-refractivity contribution in [2.24, 2.45) is 0 Å². The minimum atomic E-state index is -1.02. The minimum Gasteiger partial charge on any atom is -0.478 e. The second kappa shape index (κ2) is 5.67. The highest BCUT2D eigenvalue weighted by Crippen LogP contribution is 2.23. The molecule has 0 saturated carbocycles. The molecule has 0 aliphatic rings. The third-order valence-corrected chi connectivity index (χ3v) is 2.57. The van der Waals surface area contributed by atoms with E-state index in [0.29, 0.717) is 22.9 Å². The second-order valence-electron chi connectivity index (χ2n) is 3.79. The van der Waals surface area contributed by atoms with Crippen molar-refractivity contribution in [3.8, 4) is 11.6 Å². The number of carboxylic acid groups (broad SMARTS) is 1. The summed E-state index contributed by atoms with van der Waals surface area (Å²) in [6.07, 6.45) is 3.57. The molecule has 0 atom stereocenters. The van der Waals surface area contributed by atoms with Gasteiger partial charge in [0.25, 0.3) is 0 Å². The third-order valence-electron chi connectivity index (χ3n) is 2.37. The van der Waals surface area contributed by atoms with E-state index in [1.54, 1.807) is 6.07 Å². The lowest BCUT2D eigenvalue weighted by Gasteiger charge is -2.07. The Balaban J connectivity index is 2.34. The van der Waals surface area contributed by atoms with Crippen LogP contribution in [0.4, 0.5) is 0 Å². The summed E-state index contributed by atoms with van der Waals surface area (Å²) in [5.41, 5.74) is 0.779. The number of aryl methyl sites for hydroxylation is 1. The van der Waals surface area contributed by atoms with Crippen molar-refractivity contribution in [2.75, 3.05) is 0 Å². The predicted octanol–water partition coefficient (Wildman–Crippen LogP) is 3.18. The van der Waals surface area contributed by atoms with Gasteiger partial charge in [-0.25, -0.2) is 9.78 Å². The number of aromatic nitrogens is 2. The van der Waals surface area contributed by atoms with E-state index in [1.807, 2.05) is 6.92 Å². The van der Waals surface area contributed by atoms with Crippen molar-refractivity contribution < 1.29 is 14.6 Å². The van der Waals surface area contributed by atoms with Crippen molar-refractivity contribution in [1.82, 2.24) is 9.97 Å². The number of carbonyl (C=O) groups is 1. The van der Waals surface area contributed by atoms with Crippen LogP contribution >= 0.6 is 11.6 Å². The number of rotatable bonds is 4. The van der Waals surface area contributed by atoms with Gasteiger partial charge >= 0.3 is 5.97 Å². The van der Waals surface area contributed by atoms with Crippen LogP contribution in [0.1, 0.15) is 23.0 Å². The molecule has 0 bridgehead atoms. The lowest BCUT2D eigenvalue weighted by molar-refractivity contribution is 0.0696. The predicted molar refractivity (Wildman–Crippen MR) is 69.9 cm³/mol. The standard InChI is InChI=1S/C13H11ClN2O3/c1-2-10-3-8(13(17)18)4-12(16-10)19-11-5-9(14)6-15-7-11/h3-7H,2H2,1H3,(H,17,18). The SMILES string of the molecule is CCc1cc(C(=O)O)cc(Oc2cncc(Cl)c2)n1. The van der Waals surface area contributed by atoms with Gasteiger partial charge < -0.3 is 9.84 Å². The number of halogens is 1. The van der Waals surface area contributed by atoms with Crippen LogP contribution in [0, 0.1) is 0 Å². The first kappa shape index (κ1) is 13.3. The molecule has 2 aromatic rings. The van der Waals surface area contributed by atoms with Gasteiger partial charge in [0.1, 0.15) is 5.75 Å². The monoisotopic (exact) mass is 278 g/mol. The fourth-order valence-corrected chi connectivity index (χ4v) is 1.65. The normalized spacial score (nSPS) is 10.2. The van der Waals surface area contributed by atoms with Crippen LogP contribution in [0.3, 0.4) is 0 Å². The fourth-order valence-electron chi connectivity index (χ4n) is 1.49. The highest BCUT2D eigenvalue weighted by molar-refractivity contribution is 6.30. The zero-order valence-electron chi connectivity index (χ0n) is 10.1. The van der Waals surface area contributed by atoms with Crippen molar-refractivity contribution in [2.45, 2.75) is 13.3 Å². The molecule has 0 fully saturated rings. The summed E-state index contributed by atoms with van der Waals surface area (Å²) in [6, 6.07) is 4.46. The van der Waals surface area contributed by atoms with Gasteiger partial charge in [-0.3, -0.25) is 4.98 Å². The molecule has 2 heterocycles. The van der Waals surface area contributed by atoms with E-state index < -0.39 is 5.97 Å². The average Bonchev–Trinajstić information content (AvgIpc) is 2.38. The van der Waals surface area contributed by atoms with E-state index in [-0.39, 0.29) is 11.4 Å². The topological polar surface area (TPSA) is 72.3 Å². The molecule has 19 heavy (non-hydrogen) atoms.